The quantitative estimate of drug-likeness (QED) is 0.536. The second-order valence-electron chi connectivity index (χ2n) is 5.74. The third-order valence-corrected chi connectivity index (χ3v) is 5.44. The molecule has 0 amide bonds. The molecule has 142 valence electrons. The standard InChI is InChI=1S/C17H18N4O5S/c1-2-9-21-15(18-19-20-21)11-26-17(22)16-13(8-10-25-16)12-27(23,24)14-6-4-3-5-7-14/h3-8,10H,2,9,11-12H2,1H3. The number of hydrogen-bond acceptors (Lipinski definition) is 8. The Morgan fingerprint density at radius 2 is 2.00 bits per heavy atom. The maximum absolute atomic E-state index is 12.5. The van der Waals surface area contributed by atoms with E-state index in [2.05, 4.69) is 15.5 Å². The molecule has 0 aliphatic rings. The van der Waals surface area contributed by atoms with E-state index in [4.69, 9.17) is 9.15 Å². The highest BCUT2D eigenvalue weighted by molar-refractivity contribution is 7.90. The summed E-state index contributed by atoms with van der Waals surface area (Å²) >= 11 is 0. The zero-order valence-corrected chi connectivity index (χ0v) is 15.4. The van der Waals surface area contributed by atoms with Crippen molar-refractivity contribution < 1.29 is 22.4 Å². The molecule has 0 saturated carbocycles. The molecular weight excluding hydrogens is 372 g/mol. The van der Waals surface area contributed by atoms with Crippen molar-refractivity contribution in [3.05, 3.63) is 59.8 Å². The maximum Gasteiger partial charge on any atom is 0.374 e. The van der Waals surface area contributed by atoms with Crippen LogP contribution in [0.4, 0.5) is 0 Å². The lowest BCUT2D eigenvalue weighted by atomic mass is 10.3. The Bertz CT molecular complexity index is 1010. The Kier molecular flexibility index (Phi) is 5.65. The fourth-order valence-corrected chi connectivity index (χ4v) is 3.83. The number of ether oxygens (including phenoxy) is 1. The molecule has 1 aromatic carbocycles. The molecule has 3 rings (SSSR count). The van der Waals surface area contributed by atoms with Gasteiger partial charge in [0.25, 0.3) is 0 Å². The van der Waals surface area contributed by atoms with Crippen LogP contribution in [0.1, 0.15) is 35.3 Å². The van der Waals surface area contributed by atoms with E-state index in [9.17, 15) is 13.2 Å². The molecule has 0 aliphatic heterocycles. The Morgan fingerprint density at radius 1 is 1.22 bits per heavy atom. The van der Waals surface area contributed by atoms with Crippen LogP contribution in [-0.4, -0.2) is 34.6 Å². The van der Waals surface area contributed by atoms with Gasteiger partial charge in [-0.15, -0.1) is 5.10 Å². The van der Waals surface area contributed by atoms with Gasteiger partial charge in [-0.05, 0) is 35.0 Å². The summed E-state index contributed by atoms with van der Waals surface area (Å²) in [6.07, 6.45) is 2.08. The van der Waals surface area contributed by atoms with Gasteiger partial charge >= 0.3 is 5.97 Å². The Morgan fingerprint density at radius 3 is 2.74 bits per heavy atom. The molecule has 9 nitrogen and oxygen atoms in total. The third-order valence-electron chi connectivity index (χ3n) is 3.75. The van der Waals surface area contributed by atoms with E-state index >= 15 is 0 Å². The summed E-state index contributed by atoms with van der Waals surface area (Å²) < 4.78 is 36.9. The highest BCUT2D eigenvalue weighted by atomic mass is 32.2. The molecular formula is C17H18N4O5S. The number of nitrogens with zero attached hydrogens (tertiary/aromatic N) is 4. The molecule has 27 heavy (non-hydrogen) atoms. The summed E-state index contributed by atoms with van der Waals surface area (Å²) in [6.45, 7) is 2.43. The summed E-state index contributed by atoms with van der Waals surface area (Å²) in [5.41, 5.74) is 0.233. The van der Waals surface area contributed by atoms with Crippen LogP contribution in [0.5, 0.6) is 0 Å². The molecule has 0 aliphatic carbocycles. The highest BCUT2D eigenvalue weighted by Crippen LogP contribution is 2.20. The Labute approximate surface area is 155 Å². The van der Waals surface area contributed by atoms with Gasteiger partial charge in [0, 0.05) is 12.1 Å². The first-order valence-corrected chi connectivity index (χ1v) is 9.93. The SMILES string of the molecule is CCCn1nnnc1COC(=O)c1occc1CS(=O)(=O)c1ccccc1. The Balaban J connectivity index is 1.71. The third kappa shape index (κ3) is 4.40. The van der Waals surface area contributed by atoms with Crippen LogP contribution in [0.15, 0.2) is 52.0 Å². The lowest BCUT2D eigenvalue weighted by Crippen LogP contribution is -2.13. The molecule has 0 N–H and O–H groups in total. The average molecular weight is 390 g/mol. The van der Waals surface area contributed by atoms with Crippen LogP contribution < -0.4 is 0 Å². The molecule has 3 aromatic rings. The first kappa shape index (κ1) is 18.8. The second-order valence-corrected chi connectivity index (χ2v) is 7.73. The number of hydrogen-bond donors (Lipinski definition) is 0. The van der Waals surface area contributed by atoms with Crippen LogP contribution in [0.3, 0.4) is 0 Å². The summed E-state index contributed by atoms with van der Waals surface area (Å²) in [7, 11) is -3.62. The molecule has 0 fully saturated rings. The summed E-state index contributed by atoms with van der Waals surface area (Å²) in [5, 5.41) is 11.2. The minimum absolute atomic E-state index is 0.141. The van der Waals surface area contributed by atoms with Gasteiger partial charge in [-0.1, -0.05) is 25.1 Å². The topological polar surface area (TPSA) is 117 Å². The van der Waals surface area contributed by atoms with Gasteiger partial charge < -0.3 is 9.15 Å². The van der Waals surface area contributed by atoms with Gasteiger partial charge in [0.05, 0.1) is 16.9 Å². The molecule has 0 radical (unpaired) electrons. The number of esters is 1. The van der Waals surface area contributed by atoms with Gasteiger partial charge in [0.15, 0.2) is 22.3 Å². The highest BCUT2D eigenvalue weighted by Gasteiger charge is 2.24. The molecule has 0 saturated heterocycles. The van der Waals surface area contributed by atoms with E-state index in [1.165, 1.54) is 29.1 Å². The van der Waals surface area contributed by atoms with E-state index in [-0.39, 0.29) is 28.6 Å². The van der Waals surface area contributed by atoms with E-state index < -0.39 is 15.8 Å². The number of aryl methyl sites for hydroxylation is 1. The molecule has 0 unspecified atom stereocenters. The van der Waals surface area contributed by atoms with E-state index in [0.717, 1.165) is 6.42 Å². The van der Waals surface area contributed by atoms with Crippen molar-refractivity contribution >= 4 is 15.8 Å². The number of furan rings is 1. The van der Waals surface area contributed by atoms with Gasteiger partial charge in [-0.2, -0.15) is 0 Å². The normalized spacial score (nSPS) is 11.4. The average Bonchev–Trinajstić information content (AvgIpc) is 3.30. The van der Waals surface area contributed by atoms with E-state index in [1.807, 2.05) is 6.92 Å². The first-order valence-electron chi connectivity index (χ1n) is 8.27. The number of sulfone groups is 1. The monoisotopic (exact) mass is 390 g/mol. The molecule has 0 bridgehead atoms. The number of rotatable bonds is 8. The van der Waals surface area contributed by atoms with Crippen LogP contribution in [0.25, 0.3) is 0 Å². The van der Waals surface area contributed by atoms with Crippen molar-refractivity contribution in [2.24, 2.45) is 0 Å². The minimum Gasteiger partial charge on any atom is -0.457 e. The number of carbonyl (C=O) groups excluding carboxylic acids is 1. The van der Waals surface area contributed by atoms with Crippen molar-refractivity contribution in [2.75, 3.05) is 0 Å². The molecule has 2 heterocycles. The van der Waals surface area contributed by atoms with Crippen LogP contribution >= 0.6 is 0 Å². The van der Waals surface area contributed by atoms with Gasteiger partial charge in [-0.25, -0.2) is 17.9 Å². The van der Waals surface area contributed by atoms with Gasteiger partial charge in [0.1, 0.15) is 0 Å². The maximum atomic E-state index is 12.5. The van der Waals surface area contributed by atoms with Crippen molar-refractivity contribution in [3.63, 3.8) is 0 Å². The van der Waals surface area contributed by atoms with Crippen molar-refractivity contribution in [2.45, 2.75) is 37.1 Å². The fraction of sp³-hybridized carbons (Fsp3) is 0.294. The number of tetrazole rings is 1. The lowest BCUT2D eigenvalue weighted by molar-refractivity contribution is 0.0418. The predicted molar refractivity (Wildman–Crippen MR) is 93.3 cm³/mol. The van der Waals surface area contributed by atoms with Crippen LogP contribution in [-0.2, 0) is 33.5 Å². The zero-order valence-electron chi connectivity index (χ0n) is 14.6. The smallest absolute Gasteiger partial charge is 0.374 e. The number of aromatic nitrogens is 4. The minimum atomic E-state index is -3.62. The summed E-state index contributed by atoms with van der Waals surface area (Å²) in [6, 6.07) is 9.45. The molecule has 0 atom stereocenters. The Hall–Kier alpha value is -3.01. The van der Waals surface area contributed by atoms with Gasteiger partial charge in [-0.3, -0.25) is 0 Å². The van der Waals surface area contributed by atoms with Crippen molar-refractivity contribution in [3.8, 4) is 0 Å². The molecule has 2 aromatic heterocycles. The van der Waals surface area contributed by atoms with Crippen LogP contribution in [0, 0.1) is 0 Å². The fourth-order valence-electron chi connectivity index (χ4n) is 2.45. The van der Waals surface area contributed by atoms with E-state index in [0.29, 0.717) is 12.4 Å². The lowest BCUT2D eigenvalue weighted by Gasteiger charge is -2.06. The number of benzene rings is 1. The van der Waals surface area contributed by atoms with E-state index in [1.54, 1.807) is 18.2 Å². The van der Waals surface area contributed by atoms with Crippen molar-refractivity contribution in [1.29, 1.82) is 0 Å². The molecule has 0 spiro atoms. The summed E-state index contributed by atoms with van der Waals surface area (Å²) in [4.78, 5) is 12.5. The number of carbonyl (C=O) groups is 1. The summed E-state index contributed by atoms with van der Waals surface area (Å²) in [5.74, 6) is -0.894. The first-order chi connectivity index (χ1) is 13.0. The van der Waals surface area contributed by atoms with Gasteiger partial charge in [0.2, 0.25) is 5.76 Å². The molecule has 10 heteroatoms. The van der Waals surface area contributed by atoms with Crippen molar-refractivity contribution in [1.82, 2.24) is 20.2 Å². The second kappa shape index (κ2) is 8.12. The van der Waals surface area contributed by atoms with Crippen LogP contribution in [0.2, 0.25) is 0 Å². The predicted octanol–water partition coefficient (Wildman–Crippen LogP) is 2.01. The zero-order chi connectivity index (χ0) is 19.3. The largest absolute Gasteiger partial charge is 0.457 e.